The number of hydrogen-bond acceptors (Lipinski definition) is 3. The summed E-state index contributed by atoms with van der Waals surface area (Å²) in [4.78, 5) is 6.04. The number of halogens is 1. The Morgan fingerprint density at radius 3 is 2.78 bits per heavy atom. The van der Waals surface area contributed by atoms with Crippen LogP contribution in [0.5, 0.6) is 0 Å². The van der Waals surface area contributed by atoms with E-state index in [9.17, 15) is 4.39 Å². The number of rotatable bonds is 4. The smallest absolute Gasteiger partial charge is 0.125 e. The van der Waals surface area contributed by atoms with E-state index in [0.717, 1.165) is 17.8 Å². The first-order valence-electron chi connectivity index (χ1n) is 5.90. The van der Waals surface area contributed by atoms with E-state index in [1.807, 2.05) is 25.1 Å². The summed E-state index contributed by atoms with van der Waals surface area (Å²) in [5.74, 6) is 0.281. The van der Waals surface area contributed by atoms with Gasteiger partial charge in [-0.1, -0.05) is 6.07 Å². The van der Waals surface area contributed by atoms with Crippen LogP contribution in [0.25, 0.3) is 0 Å². The Morgan fingerprint density at radius 1 is 1.28 bits per heavy atom. The lowest BCUT2D eigenvalue weighted by molar-refractivity contribution is 0.626. The third-order valence-corrected chi connectivity index (χ3v) is 2.77. The molecule has 0 radical (unpaired) electrons. The van der Waals surface area contributed by atoms with E-state index in [2.05, 4.69) is 9.88 Å². The molecule has 0 spiro atoms. The average Bonchev–Trinajstić information content (AvgIpc) is 2.36. The second-order valence-electron chi connectivity index (χ2n) is 4.08. The first kappa shape index (κ1) is 12.4. The second kappa shape index (κ2) is 5.49. The maximum absolute atomic E-state index is 13.2. The standard InChI is InChI=1S/C14H16FN3/c1-2-18(13-5-3-4-12(15)9-13)10-11-6-7-17-14(16)8-11/h3-9H,2,10H2,1H3,(H2,16,17). The van der Waals surface area contributed by atoms with Crippen molar-refractivity contribution in [3.05, 3.63) is 54.0 Å². The van der Waals surface area contributed by atoms with Crippen LogP contribution in [0.3, 0.4) is 0 Å². The van der Waals surface area contributed by atoms with Gasteiger partial charge in [-0.3, -0.25) is 0 Å². The van der Waals surface area contributed by atoms with Gasteiger partial charge < -0.3 is 10.6 Å². The molecule has 2 rings (SSSR count). The zero-order chi connectivity index (χ0) is 13.0. The van der Waals surface area contributed by atoms with E-state index in [0.29, 0.717) is 12.4 Å². The normalized spacial score (nSPS) is 10.3. The fraction of sp³-hybridized carbons (Fsp3) is 0.214. The molecule has 18 heavy (non-hydrogen) atoms. The molecule has 0 bridgehead atoms. The molecule has 2 aromatic rings. The molecule has 1 aromatic carbocycles. The van der Waals surface area contributed by atoms with Gasteiger partial charge in [-0.15, -0.1) is 0 Å². The van der Waals surface area contributed by atoms with E-state index < -0.39 is 0 Å². The highest BCUT2D eigenvalue weighted by Crippen LogP contribution is 2.18. The summed E-state index contributed by atoms with van der Waals surface area (Å²) in [6.07, 6.45) is 1.68. The SMILES string of the molecule is CCN(Cc1ccnc(N)c1)c1cccc(F)c1. The molecular weight excluding hydrogens is 229 g/mol. The summed E-state index contributed by atoms with van der Waals surface area (Å²) in [5, 5.41) is 0. The highest BCUT2D eigenvalue weighted by atomic mass is 19.1. The number of anilines is 2. The molecule has 94 valence electrons. The minimum Gasteiger partial charge on any atom is -0.384 e. The van der Waals surface area contributed by atoms with Crippen molar-refractivity contribution in [1.29, 1.82) is 0 Å². The summed E-state index contributed by atoms with van der Waals surface area (Å²) < 4.78 is 13.2. The van der Waals surface area contributed by atoms with Crippen molar-refractivity contribution in [2.24, 2.45) is 0 Å². The van der Waals surface area contributed by atoms with Crippen molar-refractivity contribution in [2.75, 3.05) is 17.2 Å². The van der Waals surface area contributed by atoms with Gasteiger partial charge in [-0.05, 0) is 42.8 Å². The molecule has 0 atom stereocenters. The summed E-state index contributed by atoms with van der Waals surface area (Å²) in [5.41, 5.74) is 7.58. The highest BCUT2D eigenvalue weighted by Gasteiger charge is 2.06. The van der Waals surface area contributed by atoms with Gasteiger partial charge in [0.25, 0.3) is 0 Å². The lowest BCUT2D eigenvalue weighted by Gasteiger charge is -2.23. The van der Waals surface area contributed by atoms with Gasteiger partial charge in [-0.25, -0.2) is 9.37 Å². The van der Waals surface area contributed by atoms with Crippen LogP contribution in [0.2, 0.25) is 0 Å². The molecule has 0 aliphatic rings. The number of pyridine rings is 1. The van der Waals surface area contributed by atoms with Gasteiger partial charge in [0.2, 0.25) is 0 Å². The predicted molar refractivity (Wildman–Crippen MR) is 71.8 cm³/mol. The topological polar surface area (TPSA) is 42.2 Å². The number of aromatic nitrogens is 1. The van der Waals surface area contributed by atoms with Gasteiger partial charge in [0, 0.05) is 25.0 Å². The van der Waals surface area contributed by atoms with E-state index in [1.165, 1.54) is 12.1 Å². The number of nitrogens with two attached hydrogens (primary N) is 1. The Labute approximate surface area is 106 Å². The Hall–Kier alpha value is -2.10. The number of hydrogen-bond donors (Lipinski definition) is 1. The van der Waals surface area contributed by atoms with E-state index in [-0.39, 0.29) is 5.82 Å². The van der Waals surface area contributed by atoms with Crippen molar-refractivity contribution in [3.63, 3.8) is 0 Å². The van der Waals surface area contributed by atoms with E-state index in [1.54, 1.807) is 12.3 Å². The van der Waals surface area contributed by atoms with Crippen molar-refractivity contribution < 1.29 is 4.39 Å². The molecule has 1 aromatic heterocycles. The maximum Gasteiger partial charge on any atom is 0.125 e. The van der Waals surface area contributed by atoms with Crippen molar-refractivity contribution in [1.82, 2.24) is 4.98 Å². The van der Waals surface area contributed by atoms with Gasteiger partial charge in [0.1, 0.15) is 11.6 Å². The predicted octanol–water partition coefficient (Wildman–Crippen LogP) is 2.83. The highest BCUT2D eigenvalue weighted by molar-refractivity contribution is 5.47. The van der Waals surface area contributed by atoms with Crippen LogP contribution in [-0.2, 0) is 6.54 Å². The molecule has 2 N–H and O–H groups in total. The minimum absolute atomic E-state index is 0.222. The Balaban J connectivity index is 2.19. The molecule has 0 fully saturated rings. The summed E-state index contributed by atoms with van der Waals surface area (Å²) in [6.45, 7) is 3.52. The number of nitrogens with zero attached hydrogens (tertiary/aromatic N) is 2. The molecule has 3 nitrogen and oxygen atoms in total. The molecule has 0 aliphatic carbocycles. The third-order valence-electron chi connectivity index (χ3n) is 2.77. The van der Waals surface area contributed by atoms with E-state index in [4.69, 9.17) is 5.73 Å². The largest absolute Gasteiger partial charge is 0.384 e. The van der Waals surface area contributed by atoms with Crippen LogP contribution in [0.1, 0.15) is 12.5 Å². The summed E-state index contributed by atoms with van der Waals surface area (Å²) in [7, 11) is 0. The zero-order valence-corrected chi connectivity index (χ0v) is 10.3. The molecule has 4 heteroatoms. The number of nitrogen functional groups attached to an aromatic ring is 1. The van der Waals surface area contributed by atoms with Gasteiger partial charge in [0.15, 0.2) is 0 Å². The second-order valence-corrected chi connectivity index (χ2v) is 4.08. The molecule has 0 unspecified atom stereocenters. The minimum atomic E-state index is -0.222. The molecule has 0 saturated heterocycles. The molecular formula is C14H16FN3. The van der Waals surface area contributed by atoms with Gasteiger partial charge >= 0.3 is 0 Å². The van der Waals surface area contributed by atoms with Gasteiger partial charge in [0.05, 0.1) is 0 Å². The molecule has 0 amide bonds. The van der Waals surface area contributed by atoms with Crippen LogP contribution in [0.4, 0.5) is 15.9 Å². The van der Waals surface area contributed by atoms with Crippen LogP contribution in [0.15, 0.2) is 42.6 Å². The fourth-order valence-electron chi connectivity index (χ4n) is 1.87. The Bertz CT molecular complexity index is 528. The third kappa shape index (κ3) is 2.97. The fourth-order valence-corrected chi connectivity index (χ4v) is 1.87. The van der Waals surface area contributed by atoms with E-state index >= 15 is 0 Å². The van der Waals surface area contributed by atoms with Crippen molar-refractivity contribution >= 4 is 11.5 Å². The molecule has 0 saturated carbocycles. The van der Waals surface area contributed by atoms with Crippen LogP contribution < -0.4 is 10.6 Å². The van der Waals surface area contributed by atoms with Gasteiger partial charge in [-0.2, -0.15) is 0 Å². The van der Waals surface area contributed by atoms with Crippen molar-refractivity contribution in [3.8, 4) is 0 Å². The summed E-state index contributed by atoms with van der Waals surface area (Å²) >= 11 is 0. The average molecular weight is 245 g/mol. The summed E-state index contributed by atoms with van der Waals surface area (Å²) in [6, 6.07) is 10.3. The molecule has 0 aliphatic heterocycles. The van der Waals surface area contributed by atoms with Crippen LogP contribution in [0, 0.1) is 5.82 Å². The number of benzene rings is 1. The first-order valence-corrected chi connectivity index (χ1v) is 5.90. The lowest BCUT2D eigenvalue weighted by atomic mass is 10.2. The first-order chi connectivity index (χ1) is 8.69. The Morgan fingerprint density at radius 2 is 2.11 bits per heavy atom. The quantitative estimate of drug-likeness (QED) is 0.900. The lowest BCUT2D eigenvalue weighted by Crippen LogP contribution is -2.22. The van der Waals surface area contributed by atoms with Crippen molar-refractivity contribution in [2.45, 2.75) is 13.5 Å². The maximum atomic E-state index is 13.2. The monoisotopic (exact) mass is 245 g/mol. The zero-order valence-electron chi connectivity index (χ0n) is 10.3. The van der Waals surface area contributed by atoms with Crippen LogP contribution >= 0.6 is 0 Å². The van der Waals surface area contributed by atoms with Crippen LogP contribution in [-0.4, -0.2) is 11.5 Å². The Kier molecular flexibility index (Phi) is 3.77. The molecule has 1 heterocycles.